The lowest BCUT2D eigenvalue weighted by molar-refractivity contribution is -0.0943. The maximum Gasteiger partial charge on any atom is 0.0666 e. The molecule has 0 aliphatic carbocycles. The van der Waals surface area contributed by atoms with Crippen LogP contribution in [-0.2, 0) is 4.74 Å². The molecular weight excluding hydrogens is 212 g/mol. The van der Waals surface area contributed by atoms with Gasteiger partial charge >= 0.3 is 0 Å². The van der Waals surface area contributed by atoms with Crippen LogP contribution in [0.25, 0.3) is 0 Å². The Morgan fingerprint density at radius 3 is 2.82 bits per heavy atom. The molecule has 17 heavy (non-hydrogen) atoms. The predicted molar refractivity (Wildman–Crippen MR) is 71.0 cm³/mol. The summed E-state index contributed by atoms with van der Waals surface area (Å²) >= 11 is 0. The molecule has 3 heteroatoms. The van der Waals surface area contributed by atoms with E-state index in [-0.39, 0.29) is 5.60 Å². The number of hydrogen-bond acceptors (Lipinski definition) is 3. The van der Waals surface area contributed by atoms with E-state index in [1.165, 1.54) is 32.4 Å². The Balaban J connectivity index is 1.91. The first-order valence-corrected chi connectivity index (χ1v) is 7.17. The quantitative estimate of drug-likeness (QED) is 0.820. The van der Waals surface area contributed by atoms with E-state index in [2.05, 4.69) is 25.7 Å². The van der Waals surface area contributed by atoms with Crippen LogP contribution >= 0.6 is 0 Å². The van der Waals surface area contributed by atoms with Gasteiger partial charge in [-0.3, -0.25) is 4.90 Å². The monoisotopic (exact) mass is 240 g/mol. The molecule has 0 amide bonds. The lowest BCUT2D eigenvalue weighted by atomic mass is 9.89. The van der Waals surface area contributed by atoms with E-state index < -0.39 is 0 Å². The van der Waals surface area contributed by atoms with Gasteiger partial charge in [0.05, 0.1) is 5.60 Å². The Morgan fingerprint density at radius 1 is 1.47 bits per heavy atom. The molecule has 2 N–H and O–H groups in total. The van der Waals surface area contributed by atoms with Crippen molar-refractivity contribution in [1.29, 1.82) is 0 Å². The summed E-state index contributed by atoms with van der Waals surface area (Å²) in [6, 6.07) is 1.06. The van der Waals surface area contributed by atoms with Crippen molar-refractivity contribution in [2.45, 2.75) is 64.1 Å². The molecule has 0 spiro atoms. The van der Waals surface area contributed by atoms with Crippen LogP contribution in [0.3, 0.4) is 0 Å². The highest BCUT2D eigenvalue weighted by Gasteiger charge is 2.37. The average molecular weight is 240 g/mol. The number of hydrogen-bond donors (Lipinski definition) is 1. The van der Waals surface area contributed by atoms with Gasteiger partial charge in [-0.25, -0.2) is 0 Å². The van der Waals surface area contributed by atoms with E-state index in [0.717, 1.165) is 19.1 Å². The minimum absolute atomic E-state index is 0.106. The topological polar surface area (TPSA) is 38.5 Å². The maximum atomic E-state index is 6.02. The zero-order valence-corrected chi connectivity index (χ0v) is 11.6. The Morgan fingerprint density at radius 2 is 2.24 bits per heavy atom. The molecular formula is C14H28N2O. The summed E-state index contributed by atoms with van der Waals surface area (Å²) in [5.41, 5.74) is 6.12. The highest BCUT2D eigenvalue weighted by atomic mass is 16.5. The third-order valence-electron chi connectivity index (χ3n) is 4.83. The van der Waals surface area contributed by atoms with Crippen LogP contribution in [0.15, 0.2) is 0 Å². The number of nitrogens with two attached hydrogens (primary N) is 1. The summed E-state index contributed by atoms with van der Waals surface area (Å²) in [7, 11) is 0. The minimum Gasteiger partial charge on any atom is -0.375 e. The van der Waals surface area contributed by atoms with Gasteiger partial charge in [0.2, 0.25) is 0 Å². The molecule has 0 aromatic carbocycles. The summed E-state index contributed by atoms with van der Waals surface area (Å²) in [6.07, 6.45) is 4.78. The Labute approximate surface area is 106 Å². The highest BCUT2D eigenvalue weighted by Crippen LogP contribution is 2.33. The fraction of sp³-hybridized carbons (Fsp3) is 1.00. The van der Waals surface area contributed by atoms with Gasteiger partial charge in [-0.2, -0.15) is 0 Å². The molecule has 2 saturated heterocycles. The molecule has 4 unspecified atom stereocenters. The minimum atomic E-state index is 0.106. The van der Waals surface area contributed by atoms with Gasteiger partial charge in [-0.1, -0.05) is 6.92 Å². The fourth-order valence-electron chi connectivity index (χ4n) is 3.24. The molecule has 0 saturated carbocycles. The Kier molecular flexibility index (Phi) is 4.11. The van der Waals surface area contributed by atoms with Crippen molar-refractivity contribution in [3.8, 4) is 0 Å². The van der Waals surface area contributed by atoms with Gasteiger partial charge in [-0.05, 0) is 52.0 Å². The van der Waals surface area contributed by atoms with Crippen LogP contribution in [0, 0.1) is 5.92 Å². The van der Waals surface area contributed by atoms with Crippen molar-refractivity contribution >= 4 is 0 Å². The molecule has 0 radical (unpaired) electrons. The van der Waals surface area contributed by atoms with Crippen LogP contribution in [-0.4, -0.2) is 42.3 Å². The van der Waals surface area contributed by atoms with Crippen molar-refractivity contribution in [2.75, 3.05) is 19.7 Å². The summed E-state index contributed by atoms with van der Waals surface area (Å²) in [5.74, 6) is 0.700. The van der Waals surface area contributed by atoms with Crippen LogP contribution < -0.4 is 5.73 Å². The molecule has 2 heterocycles. The lowest BCUT2D eigenvalue weighted by Gasteiger charge is -2.41. The van der Waals surface area contributed by atoms with Crippen molar-refractivity contribution in [3.05, 3.63) is 0 Å². The maximum absolute atomic E-state index is 6.02. The standard InChI is InChI=1S/C14H28N2O/c1-4-14(3)9-13(6-8-17-14)16-7-5-12(10-16)11(2)15/h11-13H,4-10,15H2,1-3H3. The smallest absolute Gasteiger partial charge is 0.0666 e. The van der Waals surface area contributed by atoms with Gasteiger partial charge < -0.3 is 10.5 Å². The normalized spacial score (nSPS) is 41.6. The molecule has 0 aromatic heterocycles. The third-order valence-corrected chi connectivity index (χ3v) is 4.83. The predicted octanol–water partition coefficient (Wildman–Crippen LogP) is 2.00. The van der Waals surface area contributed by atoms with Crippen molar-refractivity contribution in [2.24, 2.45) is 11.7 Å². The molecule has 4 atom stereocenters. The zero-order chi connectivity index (χ0) is 12.5. The Hall–Kier alpha value is -0.120. The first kappa shape index (κ1) is 13.3. The van der Waals surface area contributed by atoms with Crippen LogP contribution in [0.2, 0.25) is 0 Å². The van der Waals surface area contributed by atoms with E-state index in [1.807, 2.05) is 0 Å². The van der Waals surface area contributed by atoms with Gasteiger partial charge in [0.15, 0.2) is 0 Å². The summed E-state index contributed by atoms with van der Waals surface area (Å²) in [6.45, 7) is 10.00. The molecule has 2 rings (SSSR count). The van der Waals surface area contributed by atoms with Crippen LogP contribution in [0.4, 0.5) is 0 Å². The molecule has 2 aliphatic rings. The molecule has 0 bridgehead atoms. The second-order valence-corrected chi connectivity index (χ2v) is 6.20. The molecule has 0 aromatic rings. The largest absolute Gasteiger partial charge is 0.375 e. The average Bonchev–Trinajstić information content (AvgIpc) is 2.78. The van der Waals surface area contributed by atoms with E-state index in [0.29, 0.717) is 12.0 Å². The molecule has 2 aliphatic heterocycles. The van der Waals surface area contributed by atoms with Crippen molar-refractivity contribution < 1.29 is 4.74 Å². The van der Waals surface area contributed by atoms with Crippen LogP contribution in [0.5, 0.6) is 0 Å². The number of rotatable bonds is 3. The van der Waals surface area contributed by atoms with Gasteiger partial charge in [0.1, 0.15) is 0 Å². The zero-order valence-electron chi connectivity index (χ0n) is 11.6. The van der Waals surface area contributed by atoms with Gasteiger partial charge in [0.25, 0.3) is 0 Å². The second-order valence-electron chi connectivity index (χ2n) is 6.20. The first-order valence-electron chi connectivity index (χ1n) is 7.17. The summed E-state index contributed by atoms with van der Waals surface area (Å²) in [4.78, 5) is 2.66. The van der Waals surface area contributed by atoms with Gasteiger partial charge in [-0.15, -0.1) is 0 Å². The van der Waals surface area contributed by atoms with Gasteiger partial charge in [0, 0.05) is 25.2 Å². The molecule has 3 nitrogen and oxygen atoms in total. The van der Waals surface area contributed by atoms with Crippen molar-refractivity contribution in [1.82, 2.24) is 4.90 Å². The van der Waals surface area contributed by atoms with E-state index >= 15 is 0 Å². The summed E-state index contributed by atoms with van der Waals surface area (Å²) in [5, 5.41) is 0. The first-order chi connectivity index (χ1) is 8.04. The molecule has 2 fully saturated rings. The highest BCUT2D eigenvalue weighted by molar-refractivity contribution is 4.91. The van der Waals surface area contributed by atoms with Crippen molar-refractivity contribution in [3.63, 3.8) is 0 Å². The SMILES string of the molecule is CCC1(C)CC(N2CCC(C(C)N)C2)CCO1. The number of ether oxygens (including phenoxy) is 1. The summed E-state index contributed by atoms with van der Waals surface area (Å²) < 4.78 is 5.93. The van der Waals surface area contributed by atoms with E-state index in [4.69, 9.17) is 10.5 Å². The lowest BCUT2D eigenvalue weighted by Crippen LogP contribution is -2.46. The fourth-order valence-corrected chi connectivity index (χ4v) is 3.24. The van der Waals surface area contributed by atoms with Crippen LogP contribution in [0.1, 0.15) is 46.5 Å². The Bertz CT molecular complexity index is 257. The number of likely N-dealkylation sites (tertiary alicyclic amines) is 1. The van der Waals surface area contributed by atoms with E-state index in [1.54, 1.807) is 0 Å². The van der Waals surface area contributed by atoms with E-state index in [9.17, 15) is 0 Å². The third kappa shape index (κ3) is 3.01. The second kappa shape index (κ2) is 5.25. The number of nitrogens with zero attached hydrogens (tertiary/aromatic N) is 1. The molecule has 100 valence electrons.